The van der Waals surface area contributed by atoms with Gasteiger partial charge in [0.2, 0.25) is 0 Å². The number of aryl methyl sites for hydroxylation is 3. The van der Waals surface area contributed by atoms with Crippen LogP contribution < -0.4 is 10.6 Å². The first kappa shape index (κ1) is 25.6. The molecule has 0 saturated carbocycles. The van der Waals surface area contributed by atoms with E-state index in [4.69, 9.17) is 0 Å². The third kappa shape index (κ3) is 6.60. The summed E-state index contributed by atoms with van der Waals surface area (Å²) in [5, 5.41) is 12.2. The molecule has 2 amide bonds. The summed E-state index contributed by atoms with van der Waals surface area (Å²) in [5.41, 5.74) is 2.43. The number of carbonyl (C=O) groups is 2. The van der Waals surface area contributed by atoms with E-state index < -0.39 is 29.4 Å². The predicted octanol–water partition coefficient (Wildman–Crippen LogP) is 6.17. The molecule has 0 atom stereocenters. The van der Waals surface area contributed by atoms with Crippen LogP contribution in [0.25, 0.3) is 0 Å². The number of amides is 2. The second kappa shape index (κ2) is 10.7. The van der Waals surface area contributed by atoms with Crippen LogP contribution in [-0.4, -0.2) is 22.0 Å². The minimum absolute atomic E-state index is 0.0929. The molecule has 1 aromatic heterocycles. The standard InChI is InChI=1S/C27H22F4N4O2/c1-16-5-11-22(32-26(37)19-3-2-4-20(13-19)27(29,30)31)14-18(16)8-12-23-15-24(35-34-23)33-25(36)17-6-9-21(28)10-7-17/h2-7,9-11,13-15H,8,12H2,1H3,(H,32,37)(H2,33,34,35,36). The van der Waals surface area contributed by atoms with E-state index in [1.54, 1.807) is 18.2 Å². The number of halogens is 4. The predicted molar refractivity (Wildman–Crippen MR) is 131 cm³/mol. The second-order valence-corrected chi connectivity index (χ2v) is 8.41. The molecule has 0 radical (unpaired) electrons. The lowest BCUT2D eigenvalue weighted by molar-refractivity contribution is -0.137. The monoisotopic (exact) mass is 510 g/mol. The van der Waals surface area contributed by atoms with Crippen molar-refractivity contribution < 1.29 is 27.2 Å². The first-order valence-electron chi connectivity index (χ1n) is 11.3. The summed E-state index contributed by atoms with van der Waals surface area (Å²) >= 11 is 0. The number of nitrogens with one attached hydrogen (secondary N) is 3. The molecule has 0 fully saturated rings. The van der Waals surface area contributed by atoms with Crippen LogP contribution in [0, 0.1) is 12.7 Å². The van der Waals surface area contributed by atoms with Crippen LogP contribution in [0.3, 0.4) is 0 Å². The van der Waals surface area contributed by atoms with E-state index in [0.29, 0.717) is 29.9 Å². The summed E-state index contributed by atoms with van der Waals surface area (Å²) in [6.07, 6.45) is -3.42. The summed E-state index contributed by atoms with van der Waals surface area (Å²) in [6.45, 7) is 1.91. The maximum atomic E-state index is 13.0. The van der Waals surface area contributed by atoms with Crippen molar-refractivity contribution >= 4 is 23.3 Å². The summed E-state index contributed by atoms with van der Waals surface area (Å²) in [5.74, 6) is -1.18. The summed E-state index contributed by atoms with van der Waals surface area (Å²) in [4.78, 5) is 24.8. The van der Waals surface area contributed by atoms with E-state index in [9.17, 15) is 27.2 Å². The number of H-pyrrole nitrogens is 1. The molecule has 0 bridgehead atoms. The Morgan fingerprint density at radius 2 is 1.59 bits per heavy atom. The molecular formula is C27H22F4N4O2. The molecule has 190 valence electrons. The van der Waals surface area contributed by atoms with Crippen molar-refractivity contribution in [3.63, 3.8) is 0 Å². The average Bonchev–Trinajstić information content (AvgIpc) is 3.31. The molecule has 37 heavy (non-hydrogen) atoms. The number of hydrogen-bond donors (Lipinski definition) is 3. The van der Waals surface area contributed by atoms with Crippen LogP contribution in [0.5, 0.6) is 0 Å². The smallest absolute Gasteiger partial charge is 0.322 e. The molecule has 3 aromatic carbocycles. The summed E-state index contributed by atoms with van der Waals surface area (Å²) in [6, 6.07) is 16.4. The third-order valence-electron chi connectivity index (χ3n) is 5.70. The van der Waals surface area contributed by atoms with Crippen LogP contribution in [0.1, 0.15) is 43.1 Å². The van der Waals surface area contributed by atoms with Crippen molar-refractivity contribution in [2.45, 2.75) is 25.9 Å². The number of benzene rings is 3. The molecule has 6 nitrogen and oxygen atoms in total. The Labute approximate surface area is 209 Å². The normalized spacial score (nSPS) is 11.3. The van der Waals surface area contributed by atoms with E-state index in [2.05, 4.69) is 20.8 Å². The fraction of sp³-hybridized carbons (Fsp3) is 0.148. The topological polar surface area (TPSA) is 86.9 Å². The van der Waals surface area contributed by atoms with Gasteiger partial charge in [0.1, 0.15) is 5.82 Å². The second-order valence-electron chi connectivity index (χ2n) is 8.41. The lowest BCUT2D eigenvalue weighted by Gasteiger charge is -2.11. The molecule has 0 unspecified atom stereocenters. The van der Waals surface area contributed by atoms with Crippen LogP contribution in [0.15, 0.2) is 72.8 Å². The number of carbonyl (C=O) groups excluding carboxylic acids is 2. The van der Waals surface area contributed by atoms with E-state index in [1.165, 1.54) is 36.4 Å². The zero-order chi connectivity index (χ0) is 26.6. The van der Waals surface area contributed by atoms with Crippen LogP contribution in [-0.2, 0) is 19.0 Å². The van der Waals surface area contributed by atoms with Gasteiger partial charge in [0, 0.05) is 28.6 Å². The number of alkyl halides is 3. The number of anilines is 2. The van der Waals surface area contributed by atoms with Gasteiger partial charge in [-0.2, -0.15) is 18.3 Å². The minimum atomic E-state index is -4.54. The van der Waals surface area contributed by atoms with Crippen LogP contribution in [0.2, 0.25) is 0 Å². The van der Waals surface area contributed by atoms with Crippen molar-refractivity contribution in [3.8, 4) is 0 Å². The highest BCUT2D eigenvalue weighted by Gasteiger charge is 2.30. The van der Waals surface area contributed by atoms with Gasteiger partial charge in [-0.1, -0.05) is 12.1 Å². The SMILES string of the molecule is Cc1ccc(NC(=O)c2cccc(C(F)(F)F)c2)cc1CCc1cc(NC(=O)c2ccc(F)cc2)n[nH]1. The van der Waals surface area contributed by atoms with E-state index in [-0.39, 0.29) is 5.56 Å². The number of hydrogen-bond acceptors (Lipinski definition) is 3. The zero-order valence-corrected chi connectivity index (χ0v) is 19.6. The lowest BCUT2D eigenvalue weighted by atomic mass is 10.0. The Bertz CT molecular complexity index is 1430. The number of nitrogens with zero attached hydrogens (tertiary/aromatic N) is 1. The highest BCUT2D eigenvalue weighted by molar-refractivity contribution is 6.04. The molecule has 0 spiro atoms. The molecule has 1 heterocycles. The average molecular weight is 510 g/mol. The molecular weight excluding hydrogens is 488 g/mol. The molecule has 3 N–H and O–H groups in total. The van der Waals surface area contributed by atoms with E-state index >= 15 is 0 Å². The quantitative estimate of drug-likeness (QED) is 0.260. The Kier molecular flexibility index (Phi) is 7.37. The van der Waals surface area contributed by atoms with Gasteiger partial charge in [-0.05, 0) is 85.5 Å². The molecule has 0 aliphatic heterocycles. The molecule has 4 aromatic rings. The van der Waals surface area contributed by atoms with Gasteiger partial charge >= 0.3 is 6.18 Å². The third-order valence-corrected chi connectivity index (χ3v) is 5.70. The van der Waals surface area contributed by atoms with Gasteiger partial charge < -0.3 is 10.6 Å². The Hall–Kier alpha value is -4.47. The van der Waals surface area contributed by atoms with Crippen molar-refractivity contribution in [3.05, 3.63) is 112 Å². The highest BCUT2D eigenvalue weighted by Crippen LogP contribution is 2.29. The number of rotatable bonds is 7. The van der Waals surface area contributed by atoms with Gasteiger partial charge in [0.05, 0.1) is 5.56 Å². The van der Waals surface area contributed by atoms with Gasteiger partial charge in [-0.3, -0.25) is 14.7 Å². The van der Waals surface area contributed by atoms with E-state index in [0.717, 1.165) is 29.0 Å². The van der Waals surface area contributed by atoms with Gasteiger partial charge in [0.15, 0.2) is 5.82 Å². The largest absolute Gasteiger partial charge is 0.416 e. The minimum Gasteiger partial charge on any atom is -0.322 e. The number of aromatic nitrogens is 2. The lowest BCUT2D eigenvalue weighted by Crippen LogP contribution is -2.14. The fourth-order valence-electron chi connectivity index (χ4n) is 3.67. The molecule has 4 rings (SSSR count). The zero-order valence-electron chi connectivity index (χ0n) is 19.6. The first-order valence-corrected chi connectivity index (χ1v) is 11.3. The highest BCUT2D eigenvalue weighted by atomic mass is 19.4. The maximum absolute atomic E-state index is 13.0. The van der Waals surface area contributed by atoms with E-state index in [1.807, 2.05) is 13.0 Å². The van der Waals surface area contributed by atoms with Crippen LogP contribution in [0.4, 0.5) is 29.1 Å². The Balaban J connectivity index is 1.38. The summed E-state index contributed by atoms with van der Waals surface area (Å²) in [7, 11) is 0. The van der Waals surface area contributed by atoms with Crippen molar-refractivity contribution in [1.82, 2.24) is 10.2 Å². The summed E-state index contributed by atoms with van der Waals surface area (Å²) < 4.78 is 51.9. The van der Waals surface area contributed by atoms with Crippen molar-refractivity contribution in [1.29, 1.82) is 0 Å². The molecule has 0 aliphatic rings. The van der Waals surface area contributed by atoms with Gasteiger partial charge in [0.25, 0.3) is 11.8 Å². The fourth-order valence-corrected chi connectivity index (χ4v) is 3.67. The molecule has 0 saturated heterocycles. The van der Waals surface area contributed by atoms with Gasteiger partial charge in [-0.15, -0.1) is 0 Å². The maximum Gasteiger partial charge on any atom is 0.416 e. The van der Waals surface area contributed by atoms with Gasteiger partial charge in [-0.25, -0.2) is 4.39 Å². The Morgan fingerprint density at radius 3 is 2.32 bits per heavy atom. The Morgan fingerprint density at radius 1 is 0.865 bits per heavy atom. The first-order chi connectivity index (χ1) is 17.6. The molecule has 10 heteroatoms. The number of aromatic amines is 1. The van der Waals surface area contributed by atoms with Crippen molar-refractivity contribution in [2.75, 3.05) is 10.6 Å². The van der Waals surface area contributed by atoms with Crippen molar-refractivity contribution in [2.24, 2.45) is 0 Å². The van der Waals surface area contributed by atoms with Crippen LogP contribution >= 0.6 is 0 Å². The molecule has 0 aliphatic carbocycles.